The van der Waals surface area contributed by atoms with Gasteiger partial charge in [0, 0.05) is 4.47 Å². The molecule has 3 N–H and O–H groups in total. The summed E-state index contributed by atoms with van der Waals surface area (Å²) < 4.78 is 14.1. The van der Waals surface area contributed by atoms with E-state index in [1.165, 1.54) is 6.07 Å². The van der Waals surface area contributed by atoms with Crippen molar-refractivity contribution < 1.29 is 4.39 Å². The Morgan fingerprint density at radius 2 is 1.94 bits per heavy atom. The van der Waals surface area contributed by atoms with Crippen molar-refractivity contribution in [3.63, 3.8) is 0 Å². The maximum Gasteiger partial charge on any atom is 0.148 e. The van der Waals surface area contributed by atoms with Gasteiger partial charge in [0.1, 0.15) is 5.82 Å². The van der Waals surface area contributed by atoms with Gasteiger partial charge in [0.15, 0.2) is 0 Å². The molecule has 0 heterocycles. The van der Waals surface area contributed by atoms with Gasteiger partial charge in [-0.3, -0.25) is 0 Å². The van der Waals surface area contributed by atoms with E-state index in [1.54, 1.807) is 24.3 Å². The minimum absolute atomic E-state index is 0.0727. The van der Waals surface area contributed by atoms with Crippen LogP contribution in [0.25, 0.3) is 0 Å². The molecule has 0 amide bonds. The van der Waals surface area contributed by atoms with E-state index >= 15 is 0 Å². The van der Waals surface area contributed by atoms with E-state index in [1.807, 2.05) is 6.07 Å². The van der Waals surface area contributed by atoms with Crippen LogP contribution in [0.15, 0.2) is 40.9 Å². The molecule has 0 bridgehead atoms. The van der Waals surface area contributed by atoms with Gasteiger partial charge in [-0.2, -0.15) is 0 Å². The van der Waals surface area contributed by atoms with Crippen LogP contribution < -0.4 is 11.1 Å². The molecule has 2 aromatic rings. The second-order valence-electron chi connectivity index (χ2n) is 3.45. The Labute approximate surface area is 112 Å². The van der Waals surface area contributed by atoms with Gasteiger partial charge < -0.3 is 11.1 Å². The fourth-order valence-corrected chi connectivity index (χ4v) is 1.91. The maximum atomic E-state index is 13.3. The first-order valence-electron chi connectivity index (χ1n) is 4.84. The van der Waals surface area contributed by atoms with Gasteiger partial charge in [-0.15, -0.1) is 0 Å². The Morgan fingerprint density at radius 3 is 2.71 bits per heavy atom. The van der Waals surface area contributed by atoms with Crippen LogP contribution in [0.2, 0.25) is 5.02 Å². The molecule has 0 radical (unpaired) electrons. The van der Waals surface area contributed by atoms with Crippen molar-refractivity contribution >= 4 is 44.6 Å². The zero-order chi connectivity index (χ0) is 12.4. The standard InChI is InChI=1S/C12H9BrClFN2/c13-7-4-5-8(14)11(6-7)17-10-3-1-2-9(15)12(10)16/h1-6,17H,16H2. The number of hydrogen-bond acceptors (Lipinski definition) is 2. The molecule has 0 spiro atoms. The van der Waals surface area contributed by atoms with E-state index in [2.05, 4.69) is 21.2 Å². The van der Waals surface area contributed by atoms with Crippen LogP contribution >= 0.6 is 27.5 Å². The first-order chi connectivity index (χ1) is 8.08. The third kappa shape index (κ3) is 2.70. The number of hydrogen-bond donors (Lipinski definition) is 2. The van der Waals surface area contributed by atoms with Gasteiger partial charge in [-0.1, -0.05) is 33.6 Å². The Kier molecular flexibility index (Phi) is 3.54. The minimum atomic E-state index is -0.457. The predicted molar refractivity (Wildman–Crippen MR) is 73.2 cm³/mol. The molecule has 5 heteroatoms. The first-order valence-corrected chi connectivity index (χ1v) is 6.01. The zero-order valence-corrected chi connectivity index (χ0v) is 11.0. The number of para-hydroxylation sites is 1. The lowest BCUT2D eigenvalue weighted by molar-refractivity contribution is 0.633. The molecule has 88 valence electrons. The predicted octanol–water partition coefficient (Wildman–Crippen LogP) is 4.57. The molecule has 0 saturated heterocycles. The number of nitrogen functional groups attached to an aromatic ring is 1. The van der Waals surface area contributed by atoms with Crippen LogP contribution in [0.3, 0.4) is 0 Å². The highest BCUT2D eigenvalue weighted by Crippen LogP contribution is 2.31. The van der Waals surface area contributed by atoms with Gasteiger partial charge in [0.2, 0.25) is 0 Å². The number of anilines is 3. The van der Waals surface area contributed by atoms with Crippen LogP contribution in [0.5, 0.6) is 0 Å². The van der Waals surface area contributed by atoms with E-state index in [-0.39, 0.29) is 5.69 Å². The lowest BCUT2D eigenvalue weighted by Gasteiger charge is -2.11. The van der Waals surface area contributed by atoms with Gasteiger partial charge in [0.25, 0.3) is 0 Å². The van der Waals surface area contributed by atoms with Crippen LogP contribution in [-0.4, -0.2) is 0 Å². The molecule has 0 aromatic heterocycles. The van der Waals surface area contributed by atoms with Crippen LogP contribution in [-0.2, 0) is 0 Å². The summed E-state index contributed by atoms with van der Waals surface area (Å²) in [7, 11) is 0. The molecule has 0 fully saturated rings. The van der Waals surface area contributed by atoms with E-state index < -0.39 is 5.82 Å². The number of halogens is 3. The smallest absolute Gasteiger partial charge is 0.148 e. The molecule has 2 aromatic carbocycles. The van der Waals surface area contributed by atoms with Crippen LogP contribution in [0.1, 0.15) is 0 Å². The van der Waals surface area contributed by atoms with Gasteiger partial charge in [-0.25, -0.2) is 4.39 Å². The van der Waals surface area contributed by atoms with Crippen molar-refractivity contribution in [3.8, 4) is 0 Å². The highest BCUT2D eigenvalue weighted by atomic mass is 79.9. The molecule has 0 saturated carbocycles. The van der Waals surface area contributed by atoms with Crippen molar-refractivity contribution in [1.29, 1.82) is 0 Å². The highest BCUT2D eigenvalue weighted by molar-refractivity contribution is 9.10. The maximum absolute atomic E-state index is 13.3. The highest BCUT2D eigenvalue weighted by Gasteiger charge is 2.07. The third-order valence-electron chi connectivity index (χ3n) is 2.25. The lowest BCUT2D eigenvalue weighted by Crippen LogP contribution is -1.99. The van der Waals surface area contributed by atoms with E-state index in [0.717, 1.165) is 4.47 Å². The first kappa shape index (κ1) is 12.2. The Morgan fingerprint density at radius 1 is 1.18 bits per heavy atom. The van der Waals surface area contributed by atoms with Crippen molar-refractivity contribution in [1.82, 2.24) is 0 Å². The average Bonchev–Trinajstić information content (AvgIpc) is 2.30. The lowest BCUT2D eigenvalue weighted by atomic mass is 10.2. The minimum Gasteiger partial charge on any atom is -0.395 e. The summed E-state index contributed by atoms with van der Waals surface area (Å²) >= 11 is 9.36. The fraction of sp³-hybridized carbons (Fsp3) is 0. The fourth-order valence-electron chi connectivity index (χ4n) is 1.38. The number of nitrogens with one attached hydrogen (secondary N) is 1. The van der Waals surface area contributed by atoms with Gasteiger partial charge in [0.05, 0.1) is 22.1 Å². The topological polar surface area (TPSA) is 38.0 Å². The molecule has 2 nitrogen and oxygen atoms in total. The zero-order valence-electron chi connectivity index (χ0n) is 8.68. The number of nitrogens with two attached hydrogens (primary N) is 1. The molecular formula is C12H9BrClFN2. The van der Waals surface area contributed by atoms with Crippen LogP contribution in [0, 0.1) is 5.82 Å². The largest absolute Gasteiger partial charge is 0.395 e. The molecule has 17 heavy (non-hydrogen) atoms. The molecule has 0 aliphatic heterocycles. The molecule has 0 atom stereocenters. The van der Waals surface area contributed by atoms with Crippen LogP contribution in [0.4, 0.5) is 21.5 Å². The van der Waals surface area contributed by atoms with E-state index in [9.17, 15) is 4.39 Å². The monoisotopic (exact) mass is 314 g/mol. The number of rotatable bonds is 2. The second kappa shape index (κ2) is 4.94. The number of benzene rings is 2. The molecular weight excluding hydrogens is 307 g/mol. The van der Waals surface area contributed by atoms with Gasteiger partial charge >= 0.3 is 0 Å². The third-order valence-corrected chi connectivity index (χ3v) is 3.07. The SMILES string of the molecule is Nc1c(F)cccc1Nc1cc(Br)ccc1Cl. The summed E-state index contributed by atoms with van der Waals surface area (Å²) in [6.45, 7) is 0. The molecule has 0 unspecified atom stereocenters. The summed E-state index contributed by atoms with van der Waals surface area (Å²) in [6, 6.07) is 9.94. The molecule has 2 rings (SSSR count). The normalized spacial score (nSPS) is 10.3. The quantitative estimate of drug-likeness (QED) is 0.797. The second-order valence-corrected chi connectivity index (χ2v) is 4.77. The van der Waals surface area contributed by atoms with Crippen molar-refractivity contribution in [2.24, 2.45) is 0 Å². The molecule has 0 aliphatic carbocycles. The van der Waals surface area contributed by atoms with Crippen molar-refractivity contribution in [2.75, 3.05) is 11.1 Å². The van der Waals surface area contributed by atoms with Gasteiger partial charge in [-0.05, 0) is 30.3 Å². The average molecular weight is 316 g/mol. The Balaban J connectivity index is 2.38. The summed E-state index contributed by atoms with van der Waals surface area (Å²) in [5.74, 6) is -0.457. The Hall–Kier alpha value is -1.26. The summed E-state index contributed by atoms with van der Waals surface area (Å²) in [4.78, 5) is 0. The van der Waals surface area contributed by atoms with E-state index in [0.29, 0.717) is 16.4 Å². The van der Waals surface area contributed by atoms with Crippen molar-refractivity contribution in [2.45, 2.75) is 0 Å². The summed E-state index contributed by atoms with van der Waals surface area (Å²) in [6.07, 6.45) is 0. The Bertz CT molecular complexity index is 560. The van der Waals surface area contributed by atoms with Crippen molar-refractivity contribution in [3.05, 3.63) is 51.7 Å². The van der Waals surface area contributed by atoms with E-state index in [4.69, 9.17) is 17.3 Å². The summed E-state index contributed by atoms with van der Waals surface area (Å²) in [5.41, 5.74) is 6.85. The molecule has 0 aliphatic rings. The summed E-state index contributed by atoms with van der Waals surface area (Å²) in [5, 5.41) is 3.53.